The Morgan fingerprint density at radius 2 is 1.69 bits per heavy atom. The van der Waals surface area contributed by atoms with Crippen molar-refractivity contribution >= 4 is 34.5 Å². The van der Waals surface area contributed by atoms with Crippen LogP contribution in [-0.2, 0) is 11.8 Å². The van der Waals surface area contributed by atoms with Crippen LogP contribution in [0.3, 0.4) is 0 Å². The number of anilines is 1. The van der Waals surface area contributed by atoms with E-state index in [0.717, 1.165) is 4.90 Å². The summed E-state index contributed by atoms with van der Waals surface area (Å²) < 4.78 is 6.34. The number of benzene rings is 2. The number of amides is 3. The molecule has 2 heterocycles. The number of carbonyl (C=O) groups is 3. The quantitative estimate of drug-likeness (QED) is 0.718. The Labute approximate surface area is 146 Å². The first-order valence-corrected chi connectivity index (χ1v) is 7.80. The molecule has 0 unspecified atom stereocenters. The number of imide groups is 1. The van der Waals surface area contributed by atoms with Crippen LogP contribution in [-0.4, -0.2) is 33.7 Å². The molecule has 1 N–H and O–H groups in total. The zero-order chi connectivity index (χ0) is 18.4. The van der Waals surface area contributed by atoms with Gasteiger partial charge in [-0.3, -0.25) is 23.9 Å². The molecule has 2 aromatic carbocycles. The van der Waals surface area contributed by atoms with Crippen molar-refractivity contribution in [2.75, 3.05) is 11.9 Å². The summed E-state index contributed by atoms with van der Waals surface area (Å²) in [7, 11) is 1.55. The third-order valence-electron chi connectivity index (χ3n) is 4.26. The van der Waals surface area contributed by atoms with Crippen molar-refractivity contribution in [1.29, 1.82) is 0 Å². The number of nitrogens with one attached hydrogen (secondary N) is 1. The first-order chi connectivity index (χ1) is 12.5. The molecule has 26 heavy (non-hydrogen) atoms. The van der Waals surface area contributed by atoms with E-state index in [1.165, 1.54) is 4.57 Å². The van der Waals surface area contributed by atoms with E-state index < -0.39 is 30.0 Å². The lowest BCUT2D eigenvalue weighted by Gasteiger charge is -2.13. The van der Waals surface area contributed by atoms with Gasteiger partial charge in [0, 0.05) is 12.7 Å². The molecule has 3 aromatic rings. The molecule has 4 rings (SSSR count). The van der Waals surface area contributed by atoms with Gasteiger partial charge in [0.05, 0.1) is 16.6 Å². The van der Waals surface area contributed by atoms with Crippen molar-refractivity contribution in [3.8, 4) is 0 Å². The second-order valence-electron chi connectivity index (χ2n) is 5.90. The maximum Gasteiger partial charge on any atom is 0.419 e. The first-order valence-electron chi connectivity index (χ1n) is 7.80. The van der Waals surface area contributed by atoms with E-state index in [1.54, 1.807) is 49.5 Å². The first kappa shape index (κ1) is 15.8. The minimum absolute atomic E-state index is 0.292. The number of hydrogen-bond acceptors (Lipinski definition) is 5. The van der Waals surface area contributed by atoms with E-state index in [1.807, 2.05) is 0 Å². The maximum atomic E-state index is 12.3. The van der Waals surface area contributed by atoms with Gasteiger partial charge in [-0.2, -0.15) is 0 Å². The Balaban J connectivity index is 1.53. The molecule has 0 fully saturated rings. The van der Waals surface area contributed by atoms with Gasteiger partial charge in [-0.25, -0.2) is 4.79 Å². The van der Waals surface area contributed by atoms with Crippen molar-refractivity contribution in [1.82, 2.24) is 9.47 Å². The monoisotopic (exact) mass is 351 g/mol. The molecular formula is C18H13N3O5. The highest BCUT2D eigenvalue weighted by molar-refractivity contribution is 6.22. The van der Waals surface area contributed by atoms with Gasteiger partial charge in [-0.05, 0) is 30.3 Å². The molecule has 1 aromatic heterocycles. The zero-order valence-electron chi connectivity index (χ0n) is 13.7. The molecule has 0 radical (unpaired) electrons. The van der Waals surface area contributed by atoms with Crippen LogP contribution in [0.5, 0.6) is 0 Å². The van der Waals surface area contributed by atoms with Crippen LogP contribution < -0.4 is 11.1 Å². The summed E-state index contributed by atoms with van der Waals surface area (Å²) in [5, 5.41) is 2.62. The second kappa shape index (κ2) is 5.69. The summed E-state index contributed by atoms with van der Waals surface area (Å²) in [6.45, 7) is -0.394. The van der Waals surface area contributed by atoms with Crippen LogP contribution in [0.1, 0.15) is 20.7 Å². The molecule has 1 aliphatic heterocycles. The van der Waals surface area contributed by atoms with Crippen molar-refractivity contribution in [3.63, 3.8) is 0 Å². The highest BCUT2D eigenvalue weighted by Crippen LogP contribution is 2.22. The van der Waals surface area contributed by atoms with Crippen molar-refractivity contribution in [3.05, 3.63) is 64.1 Å². The molecule has 0 spiro atoms. The van der Waals surface area contributed by atoms with E-state index in [2.05, 4.69) is 5.32 Å². The third-order valence-corrected chi connectivity index (χ3v) is 4.26. The predicted octanol–water partition coefficient (Wildman–Crippen LogP) is 1.37. The zero-order valence-corrected chi connectivity index (χ0v) is 13.7. The number of aryl methyl sites for hydroxylation is 1. The van der Waals surface area contributed by atoms with Crippen LogP contribution >= 0.6 is 0 Å². The lowest BCUT2D eigenvalue weighted by Crippen LogP contribution is -2.37. The number of aromatic nitrogens is 1. The Morgan fingerprint density at radius 1 is 1.04 bits per heavy atom. The van der Waals surface area contributed by atoms with Gasteiger partial charge in [0.2, 0.25) is 5.91 Å². The number of nitrogens with zero attached hydrogens (tertiary/aromatic N) is 2. The molecule has 0 aliphatic carbocycles. The van der Waals surface area contributed by atoms with Crippen LogP contribution in [0.15, 0.2) is 51.7 Å². The number of carbonyl (C=O) groups excluding carboxylic acids is 3. The number of fused-ring (bicyclic) bond motifs is 2. The topological polar surface area (TPSA) is 102 Å². The molecule has 0 bridgehead atoms. The fraction of sp³-hybridized carbons (Fsp3) is 0.111. The Bertz CT molecular complexity index is 1110. The van der Waals surface area contributed by atoms with E-state index >= 15 is 0 Å². The summed E-state index contributed by atoms with van der Waals surface area (Å²) in [6, 6.07) is 11.2. The normalized spacial score (nSPS) is 13.3. The van der Waals surface area contributed by atoms with E-state index in [0.29, 0.717) is 27.9 Å². The van der Waals surface area contributed by atoms with Crippen LogP contribution in [0.25, 0.3) is 11.1 Å². The minimum atomic E-state index is -0.521. The molecule has 1 aliphatic rings. The molecule has 0 saturated heterocycles. The maximum absolute atomic E-state index is 12.3. The SMILES string of the molecule is Cn1c(=O)oc2ccc(NC(=O)CN3C(=O)c4ccccc4C3=O)cc21. The fourth-order valence-electron chi connectivity index (χ4n) is 2.93. The molecule has 0 atom stereocenters. The number of hydrogen-bond donors (Lipinski definition) is 1. The Morgan fingerprint density at radius 3 is 2.35 bits per heavy atom. The minimum Gasteiger partial charge on any atom is -0.408 e. The van der Waals surface area contributed by atoms with Gasteiger partial charge in [-0.1, -0.05) is 12.1 Å². The Kier molecular flexibility index (Phi) is 3.47. The van der Waals surface area contributed by atoms with Crippen molar-refractivity contribution in [2.45, 2.75) is 0 Å². The molecule has 8 heteroatoms. The smallest absolute Gasteiger partial charge is 0.408 e. The van der Waals surface area contributed by atoms with Gasteiger partial charge >= 0.3 is 5.76 Å². The highest BCUT2D eigenvalue weighted by atomic mass is 16.4. The molecule has 8 nitrogen and oxygen atoms in total. The van der Waals surface area contributed by atoms with Gasteiger partial charge in [-0.15, -0.1) is 0 Å². The average Bonchev–Trinajstić information content (AvgIpc) is 3.04. The Hall–Kier alpha value is -3.68. The lowest BCUT2D eigenvalue weighted by atomic mass is 10.1. The number of rotatable bonds is 3. The summed E-state index contributed by atoms with van der Waals surface area (Å²) >= 11 is 0. The van der Waals surface area contributed by atoms with Gasteiger partial charge in [0.15, 0.2) is 5.58 Å². The highest BCUT2D eigenvalue weighted by Gasteiger charge is 2.36. The van der Waals surface area contributed by atoms with Crippen molar-refractivity contribution in [2.24, 2.45) is 7.05 Å². The van der Waals surface area contributed by atoms with E-state index in [-0.39, 0.29) is 0 Å². The second-order valence-corrected chi connectivity index (χ2v) is 5.90. The molecule has 0 saturated carbocycles. The molecule has 3 amide bonds. The fourth-order valence-corrected chi connectivity index (χ4v) is 2.93. The number of oxazole rings is 1. The van der Waals surface area contributed by atoms with E-state index in [4.69, 9.17) is 4.42 Å². The summed E-state index contributed by atoms with van der Waals surface area (Å²) in [5.41, 5.74) is 1.93. The van der Waals surface area contributed by atoms with Gasteiger partial charge < -0.3 is 9.73 Å². The summed E-state index contributed by atoms with van der Waals surface area (Å²) in [6.07, 6.45) is 0. The van der Waals surface area contributed by atoms with Gasteiger partial charge in [0.1, 0.15) is 6.54 Å². The summed E-state index contributed by atoms with van der Waals surface area (Å²) in [5.74, 6) is -2.01. The molecule has 130 valence electrons. The van der Waals surface area contributed by atoms with Crippen LogP contribution in [0.2, 0.25) is 0 Å². The molecular weight excluding hydrogens is 338 g/mol. The van der Waals surface area contributed by atoms with Crippen LogP contribution in [0, 0.1) is 0 Å². The van der Waals surface area contributed by atoms with Crippen molar-refractivity contribution < 1.29 is 18.8 Å². The predicted molar refractivity (Wildman–Crippen MR) is 91.9 cm³/mol. The third kappa shape index (κ3) is 2.39. The largest absolute Gasteiger partial charge is 0.419 e. The standard InChI is InChI=1S/C18H13N3O5/c1-20-13-8-10(6-7-14(13)26-18(20)25)19-15(22)9-21-16(23)11-4-2-3-5-12(11)17(21)24/h2-8H,9H2,1H3,(H,19,22). The lowest BCUT2D eigenvalue weighted by molar-refractivity contribution is -0.116. The van der Waals surface area contributed by atoms with E-state index in [9.17, 15) is 19.2 Å². The van der Waals surface area contributed by atoms with Gasteiger partial charge in [0.25, 0.3) is 11.8 Å². The summed E-state index contributed by atoms with van der Waals surface area (Å²) in [4.78, 5) is 49.3. The van der Waals surface area contributed by atoms with Crippen LogP contribution in [0.4, 0.5) is 5.69 Å². The average molecular weight is 351 g/mol.